The Morgan fingerprint density at radius 3 is 2.31 bits per heavy atom. The maximum Gasteiger partial charge on any atom is 0.0905 e. The van der Waals surface area contributed by atoms with Crippen LogP contribution < -0.4 is 5.73 Å². The molecule has 1 atom stereocenters. The molecule has 0 radical (unpaired) electrons. The van der Waals surface area contributed by atoms with Crippen molar-refractivity contribution in [1.29, 1.82) is 5.41 Å². The smallest absolute Gasteiger partial charge is 0.0905 e. The molecule has 0 amide bonds. The minimum Gasteiger partial charge on any atom is -0.388 e. The Labute approximate surface area is 81.8 Å². The van der Waals surface area contributed by atoms with Crippen LogP contribution in [0.3, 0.4) is 0 Å². The molecular formula is C10H23N3. The van der Waals surface area contributed by atoms with Crippen LogP contribution in [0.25, 0.3) is 0 Å². The van der Waals surface area contributed by atoms with Crippen LogP contribution in [0.2, 0.25) is 0 Å². The lowest BCUT2D eigenvalue weighted by atomic mass is 10.1. The van der Waals surface area contributed by atoms with E-state index < -0.39 is 0 Å². The Bertz CT molecular complexity index is 154. The molecule has 3 nitrogen and oxygen atoms in total. The highest BCUT2D eigenvalue weighted by Gasteiger charge is 2.11. The molecule has 0 aliphatic heterocycles. The van der Waals surface area contributed by atoms with Crippen molar-refractivity contribution in [3.63, 3.8) is 0 Å². The van der Waals surface area contributed by atoms with E-state index >= 15 is 0 Å². The van der Waals surface area contributed by atoms with Gasteiger partial charge in [-0.1, -0.05) is 13.8 Å². The maximum atomic E-state index is 7.09. The second-order valence-electron chi connectivity index (χ2n) is 4.09. The van der Waals surface area contributed by atoms with Gasteiger partial charge in [0, 0.05) is 12.5 Å². The average Bonchev–Trinajstić information content (AvgIpc) is 2.02. The fraction of sp³-hybridized carbons (Fsp3) is 0.900. The summed E-state index contributed by atoms with van der Waals surface area (Å²) in [5, 5.41) is 7.09. The number of hydrogen-bond acceptors (Lipinski definition) is 2. The fourth-order valence-corrected chi connectivity index (χ4v) is 1.23. The lowest BCUT2D eigenvalue weighted by Crippen LogP contribution is -2.34. The lowest BCUT2D eigenvalue weighted by Gasteiger charge is -2.27. The second kappa shape index (κ2) is 5.97. The SMILES string of the molecule is CC(C)C(C)N(C)CCCC(=N)N. The van der Waals surface area contributed by atoms with E-state index in [0.29, 0.717) is 17.8 Å². The van der Waals surface area contributed by atoms with Gasteiger partial charge in [-0.05, 0) is 32.9 Å². The van der Waals surface area contributed by atoms with Crippen molar-refractivity contribution >= 4 is 5.84 Å². The van der Waals surface area contributed by atoms with Crippen LogP contribution in [0.15, 0.2) is 0 Å². The average molecular weight is 185 g/mol. The minimum atomic E-state index is 0.297. The molecule has 0 aromatic heterocycles. The highest BCUT2D eigenvalue weighted by Crippen LogP contribution is 2.08. The number of amidine groups is 1. The van der Waals surface area contributed by atoms with E-state index in [1.807, 2.05) is 0 Å². The van der Waals surface area contributed by atoms with Crippen molar-refractivity contribution in [3.05, 3.63) is 0 Å². The number of nitrogens with one attached hydrogen (secondary N) is 1. The fourth-order valence-electron chi connectivity index (χ4n) is 1.23. The monoisotopic (exact) mass is 185 g/mol. The third kappa shape index (κ3) is 5.64. The third-order valence-electron chi connectivity index (χ3n) is 2.62. The van der Waals surface area contributed by atoms with Gasteiger partial charge >= 0.3 is 0 Å². The normalized spacial score (nSPS) is 13.7. The highest BCUT2D eigenvalue weighted by atomic mass is 15.1. The molecule has 0 aliphatic rings. The minimum absolute atomic E-state index is 0.297. The van der Waals surface area contributed by atoms with Crippen LogP contribution in [-0.2, 0) is 0 Å². The first kappa shape index (κ1) is 12.4. The van der Waals surface area contributed by atoms with Gasteiger partial charge in [0.15, 0.2) is 0 Å². The quantitative estimate of drug-likeness (QED) is 0.488. The van der Waals surface area contributed by atoms with Gasteiger partial charge in [0.2, 0.25) is 0 Å². The van der Waals surface area contributed by atoms with Gasteiger partial charge in [0.25, 0.3) is 0 Å². The zero-order valence-electron chi connectivity index (χ0n) is 9.30. The summed E-state index contributed by atoms with van der Waals surface area (Å²) in [6.45, 7) is 7.72. The van der Waals surface area contributed by atoms with Gasteiger partial charge in [-0.3, -0.25) is 5.41 Å². The zero-order valence-corrected chi connectivity index (χ0v) is 9.30. The number of nitrogens with zero attached hydrogens (tertiary/aromatic N) is 1. The van der Waals surface area contributed by atoms with Gasteiger partial charge < -0.3 is 10.6 Å². The summed E-state index contributed by atoms with van der Waals surface area (Å²) in [5.74, 6) is 0.980. The molecule has 1 unspecified atom stereocenters. The van der Waals surface area contributed by atoms with Crippen molar-refractivity contribution in [2.24, 2.45) is 11.7 Å². The first-order valence-corrected chi connectivity index (χ1v) is 4.98. The molecule has 0 bridgehead atoms. The summed E-state index contributed by atoms with van der Waals surface area (Å²) in [6.07, 6.45) is 1.71. The van der Waals surface area contributed by atoms with E-state index in [-0.39, 0.29) is 0 Å². The Kier molecular flexibility index (Phi) is 5.71. The number of rotatable bonds is 6. The van der Waals surface area contributed by atoms with Gasteiger partial charge in [-0.25, -0.2) is 0 Å². The molecule has 0 fully saturated rings. The molecule has 0 saturated heterocycles. The van der Waals surface area contributed by atoms with Crippen LogP contribution in [0.5, 0.6) is 0 Å². The molecule has 0 aromatic carbocycles. The Balaban J connectivity index is 3.61. The van der Waals surface area contributed by atoms with Crippen LogP contribution in [0, 0.1) is 11.3 Å². The lowest BCUT2D eigenvalue weighted by molar-refractivity contribution is 0.207. The molecule has 0 aromatic rings. The molecule has 0 saturated carbocycles. The van der Waals surface area contributed by atoms with Gasteiger partial charge in [0.1, 0.15) is 0 Å². The molecule has 0 spiro atoms. The van der Waals surface area contributed by atoms with E-state index in [4.69, 9.17) is 11.1 Å². The molecule has 13 heavy (non-hydrogen) atoms. The Morgan fingerprint density at radius 1 is 1.38 bits per heavy atom. The molecule has 78 valence electrons. The van der Waals surface area contributed by atoms with Crippen LogP contribution in [0.4, 0.5) is 0 Å². The number of nitrogens with two attached hydrogens (primary N) is 1. The largest absolute Gasteiger partial charge is 0.388 e. The third-order valence-corrected chi connectivity index (χ3v) is 2.62. The van der Waals surface area contributed by atoms with Crippen LogP contribution >= 0.6 is 0 Å². The van der Waals surface area contributed by atoms with Crippen molar-refractivity contribution in [2.75, 3.05) is 13.6 Å². The molecule has 3 heteroatoms. The van der Waals surface area contributed by atoms with Gasteiger partial charge in [0.05, 0.1) is 5.84 Å². The van der Waals surface area contributed by atoms with Gasteiger partial charge in [-0.2, -0.15) is 0 Å². The van der Waals surface area contributed by atoms with Crippen molar-refractivity contribution in [1.82, 2.24) is 4.90 Å². The molecule has 0 rings (SSSR count). The van der Waals surface area contributed by atoms with E-state index in [2.05, 4.69) is 32.7 Å². The predicted octanol–water partition coefficient (Wildman–Crippen LogP) is 1.68. The summed E-state index contributed by atoms with van der Waals surface area (Å²) in [5.41, 5.74) is 5.28. The summed E-state index contributed by atoms with van der Waals surface area (Å²) in [4.78, 5) is 2.33. The van der Waals surface area contributed by atoms with Crippen LogP contribution in [-0.4, -0.2) is 30.4 Å². The predicted molar refractivity (Wildman–Crippen MR) is 58.1 cm³/mol. The van der Waals surface area contributed by atoms with E-state index in [0.717, 1.165) is 19.4 Å². The standard InChI is InChI=1S/C10H23N3/c1-8(2)9(3)13(4)7-5-6-10(11)12/h8-9H,5-7H2,1-4H3,(H3,11,12). The zero-order chi connectivity index (χ0) is 10.4. The molecule has 3 N–H and O–H groups in total. The van der Waals surface area contributed by atoms with Gasteiger partial charge in [-0.15, -0.1) is 0 Å². The number of hydrogen-bond donors (Lipinski definition) is 2. The van der Waals surface area contributed by atoms with Crippen molar-refractivity contribution in [2.45, 2.75) is 39.7 Å². The van der Waals surface area contributed by atoms with Crippen molar-refractivity contribution < 1.29 is 0 Å². The maximum absolute atomic E-state index is 7.09. The van der Waals surface area contributed by atoms with Crippen LogP contribution in [0.1, 0.15) is 33.6 Å². The summed E-state index contributed by atoms with van der Waals surface area (Å²) >= 11 is 0. The Morgan fingerprint density at radius 2 is 1.92 bits per heavy atom. The van der Waals surface area contributed by atoms with E-state index in [9.17, 15) is 0 Å². The van der Waals surface area contributed by atoms with E-state index in [1.54, 1.807) is 0 Å². The highest BCUT2D eigenvalue weighted by molar-refractivity contribution is 5.76. The second-order valence-corrected chi connectivity index (χ2v) is 4.09. The molecule has 0 aliphatic carbocycles. The first-order valence-electron chi connectivity index (χ1n) is 4.98. The molecular weight excluding hydrogens is 162 g/mol. The summed E-state index contributed by atoms with van der Waals surface area (Å²) < 4.78 is 0. The van der Waals surface area contributed by atoms with Crippen molar-refractivity contribution in [3.8, 4) is 0 Å². The topological polar surface area (TPSA) is 53.1 Å². The first-order chi connectivity index (χ1) is 5.95. The molecule has 0 heterocycles. The summed E-state index contributed by atoms with van der Waals surface area (Å²) in [7, 11) is 2.13. The Hall–Kier alpha value is -0.570. The van der Waals surface area contributed by atoms with E-state index in [1.165, 1.54) is 0 Å². The summed E-state index contributed by atoms with van der Waals surface area (Å²) in [6, 6.07) is 0.604.